The number of methoxy groups -OCH3 is 1. The van der Waals surface area contributed by atoms with Gasteiger partial charge in [0.1, 0.15) is 28.0 Å². The third-order valence-electron chi connectivity index (χ3n) is 4.19. The van der Waals surface area contributed by atoms with Gasteiger partial charge in [-0.05, 0) is 36.8 Å². The molecular formula is C19H18ClN3O2S. The van der Waals surface area contributed by atoms with E-state index >= 15 is 0 Å². The van der Waals surface area contributed by atoms with Crippen LogP contribution in [0.1, 0.15) is 12.5 Å². The highest BCUT2D eigenvalue weighted by Crippen LogP contribution is 2.35. The van der Waals surface area contributed by atoms with E-state index in [9.17, 15) is 9.47 Å². The Kier molecular flexibility index (Phi) is 5.50. The molecule has 0 aliphatic rings. The molecule has 134 valence electrons. The van der Waals surface area contributed by atoms with Crippen LogP contribution < -0.4 is 9.46 Å². The van der Waals surface area contributed by atoms with Gasteiger partial charge in [-0.1, -0.05) is 12.1 Å². The summed E-state index contributed by atoms with van der Waals surface area (Å²) in [6, 6.07) is 15.6. The number of benzene rings is 2. The number of nitriles is 1. The maximum Gasteiger partial charge on any atom is 0.132 e. The van der Waals surface area contributed by atoms with Crippen LogP contribution in [0.5, 0.6) is 5.75 Å². The summed E-state index contributed by atoms with van der Waals surface area (Å²) in [6.07, 6.45) is 0. The van der Waals surface area contributed by atoms with Crippen molar-refractivity contribution in [3.8, 4) is 23.1 Å². The molecule has 0 aliphatic carbocycles. The molecule has 0 bridgehead atoms. The lowest BCUT2D eigenvalue weighted by molar-refractivity contribution is 0.415. The number of anilines is 1. The molecule has 2 aromatic carbocycles. The predicted octanol–water partition coefficient (Wildman–Crippen LogP) is 4.48. The summed E-state index contributed by atoms with van der Waals surface area (Å²) in [6.45, 7) is 2.76. The van der Waals surface area contributed by atoms with Crippen LogP contribution in [-0.2, 0) is 17.5 Å². The number of alkyl halides is 1. The van der Waals surface area contributed by atoms with Gasteiger partial charge in [0.25, 0.3) is 0 Å². The van der Waals surface area contributed by atoms with Crippen LogP contribution in [0.4, 0.5) is 5.69 Å². The second kappa shape index (κ2) is 7.81. The number of ether oxygens (including phenoxy) is 1. The fourth-order valence-electron chi connectivity index (χ4n) is 3.05. The van der Waals surface area contributed by atoms with E-state index in [0.29, 0.717) is 11.3 Å². The SMILES string of the molecule is CCn1c(-c2ccc(NS(=O)CCl)cc2)c(C#N)c2ccc(OC)cc21. The molecule has 3 rings (SSSR count). The van der Waals surface area contributed by atoms with Crippen LogP contribution >= 0.6 is 11.6 Å². The number of rotatable bonds is 6. The van der Waals surface area contributed by atoms with E-state index in [1.165, 1.54) is 0 Å². The van der Waals surface area contributed by atoms with Crippen LogP contribution in [0.3, 0.4) is 0 Å². The lowest BCUT2D eigenvalue weighted by atomic mass is 10.1. The Bertz CT molecular complexity index is 1010. The second-order valence-corrected chi connectivity index (χ2v) is 7.36. The van der Waals surface area contributed by atoms with Crippen LogP contribution in [0, 0.1) is 11.3 Å². The molecule has 0 aliphatic heterocycles. The summed E-state index contributed by atoms with van der Waals surface area (Å²) >= 11 is 5.57. The van der Waals surface area contributed by atoms with Gasteiger partial charge in [0.15, 0.2) is 0 Å². The average molecular weight is 388 g/mol. The maximum absolute atomic E-state index is 11.5. The maximum atomic E-state index is 11.5. The Hall–Kier alpha value is -2.49. The fourth-order valence-corrected chi connectivity index (χ4v) is 3.67. The molecule has 1 atom stereocenters. The Balaban J connectivity index is 2.15. The smallest absolute Gasteiger partial charge is 0.132 e. The molecule has 7 heteroatoms. The first-order chi connectivity index (χ1) is 12.6. The minimum atomic E-state index is -1.31. The largest absolute Gasteiger partial charge is 0.497 e. The summed E-state index contributed by atoms with van der Waals surface area (Å²) in [5.74, 6) is 0.754. The van der Waals surface area contributed by atoms with Crippen molar-refractivity contribution in [1.29, 1.82) is 5.26 Å². The minimum absolute atomic E-state index is 0.0201. The highest BCUT2D eigenvalue weighted by Gasteiger charge is 2.18. The van der Waals surface area contributed by atoms with Crippen molar-refractivity contribution in [2.75, 3.05) is 17.0 Å². The van der Waals surface area contributed by atoms with E-state index in [2.05, 4.69) is 15.4 Å². The lowest BCUT2D eigenvalue weighted by Crippen LogP contribution is -2.04. The molecule has 0 radical (unpaired) electrons. The number of nitrogens with zero attached hydrogens (tertiary/aromatic N) is 2. The summed E-state index contributed by atoms with van der Waals surface area (Å²) in [7, 11) is 0.315. The fraction of sp³-hybridized carbons (Fsp3) is 0.211. The van der Waals surface area contributed by atoms with Crippen molar-refractivity contribution < 1.29 is 8.95 Å². The van der Waals surface area contributed by atoms with Gasteiger partial charge in [-0.3, -0.25) is 0 Å². The molecule has 1 aromatic heterocycles. The first-order valence-corrected chi connectivity index (χ1v) is 9.90. The first-order valence-electron chi connectivity index (χ1n) is 8.04. The Morgan fingerprint density at radius 1 is 1.27 bits per heavy atom. The van der Waals surface area contributed by atoms with Gasteiger partial charge in [-0.2, -0.15) is 5.26 Å². The summed E-state index contributed by atoms with van der Waals surface area (Å²) in [4.78, 5) is 0. The summed E-state index contributed by atoms with van der Waals surface area (Å²) in [5, 5.41) is 10.7. The molecule has 1 unspecified atom stereocenters. The van der Waals surface area contributed by atoms with Gasteiger partial charge < -0.3 is 14.0 Å². The van der Waals surface area contributed by atoms with Crippen LogP contribution in [0.25, 0.3) is 22.2 Å². The molecule has 1 heterocycles. The van der Waals surface area contributed by atoms with E-state index < -0.39 is 11.0 Å². The van der Waals surface area contributed by atoms with Gasteiger partial charge in [-0.25, -0.2) is 4.21 Å². The van der Waals surface area contributed by atoms with Gasteiger partial charge >= 0.3 is 0 Å². The highest BCUT2D eigenvalue weighted by molar-refractivity contribution is 7.87. The van der Waals surface area contributed by atoms with Crippen molar-refractivity contribution >= 4 is 39.2 Å². The zero-order valence-corrected chi connectivity index (χ0v) is 16.0. The number of hydrogen-bond donors (Lipinski definition) is 1. The van der Waals surface area contributed by atoms with Crippen molar-refractivity contribution in [1.82, 2.24) is 4.57 Å². The normalized spacial score (nSPS) is 11.9. The molecule has 1 N–H and O–H groups in total. The van der Waals surface area contributed by atoms with E-state index in [1.54, 1.807) is 7.11 Å². The topological polar surface area (TPSA) is 67.0 Å². The van der Waals surface area contributed by atoms with Crippen molar-refractivity contribution in [3.05, 3.63) is 48.0 Å². The summed E-state index contributed by atoms with van der Waals surface area (Å²) < 4.78 is 21.8. The van der Waals surface area contributed by atoms with E-state index in [0.717, 1.165) is 34.5 Å². The number of hydrogen-bond acceptors (Lipinski definition) is 3. The number of aromatic nitrogens is 1. The molecule has 26 heavy (non-hydrogen) atoms. The quantitative estimate of drug-likeness (QED) is 0.634. The average Bonchev–Trinajstić information content (AvgIpc) is 3.00. The zero-order chi connectivity index (χ0) is 18.7. The summed E-state index contributed by atoms with van der Waals surface area (Å²) in [5.41, 5.74) is 4.09. The van der Waals surface area contributed by atoms with Crippen LogP contribution in [0.15, 0.2) is 42.5 Å². The van der Waals surface area contributed by atoms with E-state index in [-0.39, 0.29) is 5.21 Å². The minimum Gasteiger partial charge on any atom is -0.497 e. The second-order valence-electron chi connectivity index (χ2n) is 5.60. The molecule has 0 fully saturated rings. The van der Waals surface area contributed by atoms with Gasteiger partial charge in [-0.15, -0.1) is 11.6 Å². The molecular weight excluding hydrogens is 370 g/mol. The predicted molar refractivity (Wildman–Crippen MR) is 107 cm³/mol. The Morgan fingerprint density at radius 2 is 2.00 bits per heavy atom. The third kappa shape index (κ3) is 3.28. The highest BCUT2D eigenvalue weighted by atomic mass is 35.5. The third-order valence-corrected chi connectivity index (χ3v) is 5.45. The Labute approximate surface area is 159 Å². The molecule has 0 spiro atoms. The number of aryl methyl sites for hydroxylation is 1. The number of halogens is 1. The Morgan fingerprint density at radius 3 is 2.58 bits per heavy atom. The standard InChI is InChI=1S/C19H18ClN3O2S/c1-3-23-18-10-15(25-2)8-9-16(18)17(11-21)19(23)13-4-6-14(7-5-13)22-26(24)12-20/h4-10,22H,3,12H2,1-2H3. The molecule has 3 aromatic rings. The van der Waals surface area contributed by atoms with Crippen LogP contribution in [-0.4, -0.2) is 21.1 Å². The first kappa shape index (κ1) is 18.3. The van der Waals surface area contributed by atoms with E-state index in [1.807, 2.05) is 49.4 Å². The molecule has 0 amide bonds. The molecule has 5 nitrogen and oxygen atoms in total. The van der Waals surface area contributed by atoms with Crippen molar-refractivity contribution in [3.63, 3.8) is 0 Å². The monoisotopic (exact) mass is 387 g/mol. The van der Waals surface area contributed by atoms with Gasteiger partial charge in [0.2, 0.25) is 0 Å². The van der Waals surface area contributed by atoms with Gasteiger partial charge in [0.05, 0.1) is 23.9 Å². The lowest BCUT2D eigenvalue weighted by Gasteiger charge is -2.10. The van der Waals surface area contributed by atoms with E-state index in [4.69, 9.17) is 16.3 Å². The number of fused-ring (bicyclic) bond motifs is 1. The van der Waals surface area contributed by atoms with Crippen molar-refractivity contribution in [2.24, 2.45) is 0 Å². The number of nitrogens with one attached hydrogen (secondary N) is 1. The van der Waals surface area contributed by atoms with Crippen LogP contribution in [0.2, 0.25) is 0 Å². The molecule has 0 saturated heterocycles. The van der Waals surface area contributed by atoms with Crippen molar-refractivity contribution in [2.45, 2.75) is 13.5 Å². The molecule has 0 saturated carbocycles. The zero-order valence-electron chi connectivity index (χ0n) is 14.5. The van der Waals surface area contributed by atoms with Gasteiger partial charge in [0, 0.05) is 23.7 Å².